The van der Waals surface area contributed by atoms with Crippen molar-refractivity contribution in [2.45, 2.75) is 19.3 Å². The number of aryl methyl sites for hydroxylation is 1. The topological polar surface area (TPSA) is 35.2 Å². The molecule has 1 unspecified atom stereocenters. The predicted octanol–water partition coefficient (Wildman–Crippen LogP) is 3.65. The molecule has 0 aliphatic carbocycles. The fourth-order valence-electron chi connectivity index (χ4n) is 2.18. The van der Waals surface area contributed by atoms with E-state index < -0.39 is 0 Å². The van der Waals surface area contributed by atoms with Gasteiger partial charge in [-0.25, -0.2) is 4.39 Å². The zero-order valence-corrected chi connectivity index (χ0v) is 11.7. The van der Waals surface area contributed by atoms with Crippen LogP contribution in [0.5, 0.6) is 5.75 Å². The van der Waals surface area contributed by atoms with Gasteiger partial charge in [0, 0.05) is 0 Å². The normalized spacial score (nSPS) is 12.2. The van der Waals surface area contributed by atoms with Gasteiger partial charge < -0.3 is 10.5 Å². The van der Waals surface area contributed by atoms with E-state index in [0.29, 0.717) is 13.2 Å². The molecule has 0 bridgehead atoms. The zero-order chi connectivity index (χ0) is 14.4. The minimum Gasteiger partial charge on any atom is -0.494 e. The van der Waals surface area contributed by atoms with Gasteiger partial charge in [-0.2, -0.15) is 0 Å². The summed E-state index contributed by atoms with van der Waals surface area (Å²) >= 11 is 0. The fraction of sp³-hybridized carbons (Fsp3) is 0.294. The lowest BCUT2D eigenvalue weighted by atomic mass is 9.96. The number of nitrogens with two attached hydrogens (primary N) is 1. The SMILES string of the molecule is Cc1cccc(OCCC(CN)c2ccc(F)cc2)c1. The second kappa shape index (κ2) is 7.06. The lowest BCUT2D eigenvalue weighted by Crippen LogP contribution is -2.15. The summed E-state index contributed by atoms with van der Waals surface area (Å²) in [6, 6.07) is 14.5. The number of ether oxygens (including phenoxy) is 1. The van der Waals surface area contributed by atoms with Gasteiger partial charge in [-0.3, -0.25) is 0 Å². The molecule has 0 aliphatic rings. The number of hydrogen-bond acceptors (Lipinski definition) is 2. The number of benzene rings is 2. The molecule has 0 spiro atoms. The number of halogens is 1. The van der Waals surface area contributed by atoms with Gasteiger partial charge in [0.2, 0.25) is 0 Å². The summed E-state index contributed by atoms with van der Waals surface area (Å²) in [5.41, 5.74) is 8.03. The highest BCUT2D eigenvalue weighted by Crippen LogP contribution is 2.20. The van der Waals surface area contributed by atoms with Crippen LogP contribution in [0.2, 0.25) is 0 Å². The quantitative estimate of drug-likeness (QED) is 0.872. The molecule has 2 nitrogen and oxygen atoms in total. The van der Waals surface area contributed by atoms with E-state index in [1.54, 1.807) is 12.1 Å². The van der Waals surface area contributed by atoms with Crippen LogP contribution < -0.4 is 10.5 Å². The first-order chi connectivity index (χ1) is 9.69. The Balaban J connectivity index is 1.89. The van der Waals surface area contributed by atoms with Crippen molar-refractivity contribution in [1.82, 2.24) is 0 Å². The Morgan fingerprint density at radius 3 is 2.55 bits per heavy atom. The van der Waals surface area contributed by atoms with E-state index in [9.17, 15) is 4.39 Å². The Morgan fingerprint density at radius 1 is 1.15 bits per heavy atom. The lowest BCUT2D eigenvalue weighted by molar-refractivity contribution is 0.298. The molecule has 1 atom stereocenters. The summed E-state index contributed by atoms with van der Waals surface area (Å²) in [6.07, 6.45) is 0.816. The molecule has 0 aliphatic heterocycles. The molecule has 106 valence electrons. The standard InChI is InChI=1S/C17H20FNO/c1-13-3-2-4-17(11-13)20-10-9-15(12-19)14-5-7-16(18)8-6-14/h2-8,11,15H,9-10,12,19H2,1H3. The first-order valence-corrected chi connectivity index (χ1v) is 6.84. The summed E-state index contributed by atoms with van der Waals surface area (Å²) in [5, 5.41) is 0. The van der Waals surface area contributed by atoms with Crippen molar-refractivity contribution in [2.24, 2.45) is 5.73 Å². The maximum absolute atomic E-state index is 12.9. The minimum atomic E-state index is -0.222. The minimum absolute atomic E-state index is 0.195. The third-order valence-electron chi connectivity index (χ3n) is 3.35. The van der Waals surface area contributed by atoms with E-state index in [-0.39, 0.29) is 11.7 Å². The molecule has 2 rings (SSSR count). The summed E-state index contributed by atoms with van der Waals surface area (Å²) in [7, 11) is 0. The Hall–Kier alpha value is -1.87. The van der Waals surface area contributed by atoms with Gasteiger partial charge in [0.25, 0.3) is 0 Å². The Kier molecular flexibility index (Phi) is 5.13. The highest BCUT2D eigenvalue weighted by Gasteiger charge is 2.10. The van der Waals surface area contributed by atoms with Crippen molar-refractivity contribution in [1.29, 1.82) is 0 Å². The van der Waals surface area contributed by atoms with E-state index in [4.69, 9.17) is 10.5 Å². The summed E-state index contributed by atoms with van der Waals surface area (Å²) in [4.78, 5) is 0. The van der Waals surface area contributed by atoms with Gasteiger partial charge in [-0.15, -0.1) is 0 Å². The molecule has 0 radical (unpaired) electrons. The smallest absolute Gasteiger partial charge is 0.123 e. The van der Waals surface area contributed by atoms with Gasteiger partial charge in [-0.05, 0) is 61.2 Å². The molecule has 0 heterocycles. The Bertz CT molecular complexity index is 539. The molecule has 2 N–H and O–H groups in total. The maximum Gasteiger partial charge on any atom is 0.123 e. The molecule has 0 saturated carbocycles. The van der Waals surface area contributed by atoms with E-state index in [1.807, 2.05) is 31.2 Å². The second-order valence-electron chi connectivity index (χ2n) is 4.94. The summed E-state index contributed by atoms with van der Waals surface area (Å²) in [5.74, 6) is 0.848. The molecular formula is C17H20FNO. The second-order valence-corrected chi connectivity index (χ2v) is 4.94. The maximum atomic E-state index is 12.9. The van der Waals surface area contributed by atoms with E-state index >= 15 is 0 Å². The molecule has 2 aromatic rings. The number of hydrogen-bond donors (Lipinski definition) is 1. The molecule has 0 aromatic heterocycles. The predicted molar refractivity (Wildman–Crippen MR) is 79.5 cm³/mol. The third kappa shape index (κ3) is 4.07. The summed E-state index contributed by atoms with van der Waals surface area (Å²) < 4.78 is 18.6. The van der Waals surface area contributed by atoms with Gasteiger partial charge in [0.15, 0.2) is 0 Å². The molecule has 0 fully saturated rings. The lowest BCUT2D eigenvalue weighted by Gasteiger charge is -2.16. The van der Waals surface area contributed by atoms with E-state index in [2.05, 4.69) is 0 Å². The van der Waals surface area contributed by atoms with E-state index in [0.717, 1.165) is 17.7 Å². The molecule has 0 amide bonds. The largest absolute Gasteiger partial charge is 0.494 e. The van der Waals surface area contributed by atoms with Gasteiger partial charge in [0.1, 0.15) is 11.6 Å². The van der Waals surface area contributed by atoms with Crippen molar-refractivity contribution in [3.63, 3.8) is 0 Å². The zero-order valence-electron chi connectivity index (χ0n) is 11.7. The van der Waals surface area contributed by atoms with Crippen LogP contribution in [0.4, 0.5) is 4.39 Å². The van der Waals surface area contributed by atoms with Crippen LogP contribution in [0.1, 0.15) is 23.5 Å². The molecular weight excluding hydrogens is 253 g/mol. The van der Waals surface area contributed by atoms with Crippen molar-refractivity contribution in [3.8, 4) is 5.75 Å². The Morgan fingerprint density at radius 2 is 1.90 bits per heavy atom. The Labute approximate surface area is 119 Å². The van der Waals surface area contributed by atoms with Crippen LogP contribution in [0.15, 0.2) is 48.5 Å². The highest BCUT2D eigenvalue weighted by molar-refractivity contribution is 5.27. The molecule has 3 heteroatoms. The van der Waals surface area contributed by atoms with Gasteiger partial charge in [0.05, 0.1) is 6.61 Å². The average Bonchev–Trinajstić information content (AvgIpc) is 2.45. The van der Waals surface area contributed by atoms with Crippen molar-refractivity contribution >= 4 is 0 Å². The van der Waals surface area contributed by atoms with Gasteiger partial charge in [-0.1, -0.05) is 24.3 Å². The number of rotatable bonds is 6. The van der Waals surface area contributed by atoms with Crippen LogP contribution >= 0.6 is 0 Å². The summed E-state index contributed by atoms with van der Waals surface area (Å²) in [6.45, 7) is 3.17. The molecule has 2 aromatic carbocycles. The van der Waals surface area contributed by atoms with Crippen LogP contribution in [-0.2, 0) is 0 Å². The van der Waals surface area contributed by atoms with Crippen molar-refractivity contribution in [2.75, 3.05) is 13.2 Å². The monoisotopic (exact) mass is 273 g/mol. The van der Waals surface area contributed by atoms with Crippen LogP contribution in [-0.4, -0.2) is 13.2 Å². The first kappa shape index (κ1) is 14.5. The third-order valence-corrected chi connectivity index (χ3v) is 3.35. The fourth-order valence-corrected chi connectivity index (χ4v) is 2.18. The van der Waals surface area contributed by atoms with E-state index in [1.165, 1.54) is 17.7 Å². The van der Waals surface area contributed by atoms with Crippen LogP contribution in [0.25, 0.3) is 0 Å². The van der Waals surface area contributed by atoms with Gasteiger partial charge >= 0.3 is 0 Å². The van der Waals surface area contributed by atoms with Crippen LogP contribution in [0, 0.1) is 12.7 Å². The van der Waals surface area contributed by atoms with Crippen molar-refractivity contribution < 1.29 is 9.13 Å². The average molecular weight is 273 g/mol. The molecule has 20 heavy (non-hydrogen) atoms. The first-order valence-electron chi connectivity index (χ1n) is 6.84. The molecule has 0 saturated heterocycles. The van der Waals surface area contributed by atoms with Crippen LogP contribution in [0.3, 0.4) is 0 Å². The highest BCUT2D eigenvalue weighted by atomic mass is 19.1. The van der Waals surface area contributed by atoms with Crippen molar-refractivity contribution in [3.05, 3.63) is 65.5 Å².